The Morgan fingerprint density at radius 1 is 0.750 bits per heavy atom. The van der Waals surface area contributed by atoms with Crippen molar-refractivity contribution in [3.8, 4) is 22.6 Å². The van der Waals surface area contributed by atoms with Crippen LogP contribution in [0, 0.1) is 6.92 Å². The summed E-state index contributed by atoms with van der Waals surface area (Å²) >= 11 is 0. The Labute approximate surface area is 162 Å². The lowest BCUT2D eigenvalue weighted by atomic mass is 10.0. The van der Waals surface area contributed by atoms with Crippen molar-refractivity contribution < 1.29 is 19.8 Å². The maximum atomic E-state index is 12.3. The molecule has 0 aliphatic carbocycles. The number of carbonyl (C=O) groups is 2. The van der Waals surface area contributed by atoms with Gasteiger partial charge in [-0.3, -0.25) is 9.59 Å². The lowest BCUT2D eigenvalue weighted by Crippen LogP contribution is -2.11. The van der Waals surface area contributed by atoms with Crippen LogP contribution in [0.25, 0.3) is 11.1 Å². The minimum atomic E-state index is -0.319. The van der Waals surface area contributed by atoms with Gasteiger partial charge in [-0.2, -0.15) is 0 Å². The van der Waals surface area contributed by atoms with Gasteiger partial charge in [-0.15, -0.1) is 0 Å². The van der Waals surface area contributed by atoms with Crippen LogP contribution in [-0.2, 0) is 4.79 Å². The number of phenols is 2. The largest absolute Gasteiger partial charge is 0.506 e. The molecule has 0 atom stereocenters. The van der Waals surface area contributed by atoms with Crippen LogP contribution < -0.4 is 10.6 Å². The van der Waals surface area contributed by atoms with E-state index in [0.29, 0.717) is 22.4 Å². The number of benzene rings is 3. The minimum absolute atomic E-state index is 0.0797. The molecule has 0 aliphatic rings. The molecule has 142 valence electrons. The first kappa shape index (κ1) is 19.0. The fourth-order valence-electron chi connectivity index (χ4n) is 2.72. The Hall–Kier alpha value is -3.80. The molecule has 3 aromatic carbocycles. The highest BCUT2D eigenvalue weighted by atomic mass is 16.3. The molecule has 0 saturated heterocycles. The molecular formula is C22H20N2O4. The van der Waals surface area contributed by atoms with Crippen LogP contribution in [0.1, 0.15) is 22.8 Å². The van der Waals surface area contributed by atoms with E-state index in [4.69, 9.17) is 0 Å². The van der Waals surface area contributed by atoms with E-state index in [1.807, 2.05) is 19.1 Å². The van der Waals surface area contributed by atoms with Gasteiger partial charge < -0.3 is 20.8 Å². The molecule has 0 spiro atoms. The first-order valence-corrected chi connectivity index (χ1v) is 8.65. The third-order valence-electron chi connectivity index (χ3n) is 4.20. The summed E-state index contributed by atoms with van der Waals surface area (Å²) in [5.74, 6) is -0.776. The van der Waals surface area contributed by atoms with Crippen LogP contribution in [0.5, 0.6) is 11.5 Å². The van der Waals surface area contributed by atoms with Gasteiger partial charge in [0.15, 0.2) is 0 Å². The number of amides is 2. The third-order valence-corrected chi connectivity index (χ3v) is 4.20. The molecule has 6 heteroatoms. The van der Waals surface area contributed by atoms with Crippen molar-refractivity contribution in [3.63, 3.8) is 0 Å². The van der Waals surface area contributed by atoms with Crippen molar-refractivity contribution in [2.45, 2.75) is 13.8 Å². The fraction of sp³-hybridized carbons (Fsp3) is 0.0909. The molecule has 3 rings (SSSR count). The molecule has 4 N–H and O–H groups in total. The van der Waals surface area contributed by atoms with E-state index in [9.17, 15) is 19.8 Å². The van der Waals surface area contributed by atoms with Crippen molar-refractivity contribution in [1.29, 1.82) is 0 Å². The van der Waals surface area contributed by atoms with Crippen molar-refractivity contribution in [3.05, 3.63) is 71.8 Å². The van der Waals surface area contributed by atoms with Crippen LogP contribution >= 0.6 is 0 Å². The first-order chi connectivity index (χ1) is 13.3. The summed E-state index contributed by atoms with van der Waals surface area (Å²) in [5.41, 5.74) is 3.44. The highest BCUT2D eigenvalue weighted by molar-refractivity contribution is 6.05. The van der Waals surface area contributed by atoms with E-state index in [1.54, 1.807) is 36.4 Å². The number of aromatic hydroxyl groups is 2. The Kier molecular flexibility index (Phi) is 5.31. The van der Waals surface area contributed by atoms with E-state index >= 15 is 0 Å². The third kappa shape index (κ3) is 4.29. The quantitative estimate of drug-likeness (QED) is 0.511. The lowest BCUT2D eigenvalue weighted by Gasteiger charge is -2.11. The van der Waals surface area contributed by atoms with Gasteiger partial charge in [-0.05, 0) is 54.4 Å². The maximum Gasteiger partial charge on any atom is 0.255 e. The van der Waals surface area contributed by atoms with Gasteiger partial charge >= 0.3 is 0 Å². The fourth-order valence-corrected chi connectivity index (χ4v) is 2.72. The molecular weight excluding hydrogens is 356 g/mol. The molecule has 0 radical (unpaired) electrons. The summed E-state index contributed by atoms with van der Waals surface area (Å²) in [6.45, 7) is 3.29. The monoisotopic (exact) mass is 376 g/mol. The van der Waals surface area contributed by atoms with Crippen LogP contribution in [0.15, 0.2) is 60.7 Å². The molecule has 0 saturated carbocycles. The highest BCUT2D eigenvalue weighted by Gasteiger charge is 2.11. The second-order valence-corrected chi connectivity index (χ2v) is 6.47. The lowest BCUT2D eigenvalue weighted by molar-refractivity contribution is -0.114. The zero-order valence-electron chi connectivity index (χ0n) is 15.5. The van der Waals surface area contributed by atoms with E-state index < -0.39 is 0 Å². The molecule has 0 bridgehead atoms. The number of anilines is 2. The van der Waals surface area contributed by atoms with E-state index in [0.717, 1.165) is 5.56 Å². The number of hydrogen-bond acceptors (Lipinski definition) is 4. The number of phenolic OH excluding ortho intramolecular Hbond substituents is 2. The van der Waals surface area contributed by atoms with Crippen LogP contribution in [0.4, 0.5) is 11.4 Å². The van der Waals surface area contributed by atoms with Gasteiger partial charge in [0.2, 0.25) is 5.91 Å². The summed E-state index contributed by atoms with van der Waals surface area (Å²) < 4.78 is 0. The van der Waals surface area contributed by atoms with Gasteiger partial charge in [0.25, 0.3) is 5.91 Å². The summed E-state index contributed by atoms with van der Waals surface area (Å²) in [5, 5.41) is 25.6. The van der Waals surface area contributed by atoms with Gasteiger partial charge in [-0.1, -0.05) is 29.8 Å². The summed E-state index contributed by atoms with van der Waals surface area (Å²) in [4.78, 5) is 23.4. The average Bonchev–Trinajstić information content (AvgIpc) is 2.65. The second-order valence-electron chi connectivity index (χ2n) is 6.47. The van der Waals surface area contributed by atoms with Gasteiger partial charge in [0, 0.05) is 12.5 Å². The minimum Gasteiger partial charge on any atom is -0.506 e. The van der Waals surface area contributed by atoms with Gasteiger partial charge in [-0.25, -0.2) is 0 Å². The van der Waals surface area contributed by atoms with Crippen molar-refractivity contribution in [2.75, 3.05) is 10.6 Å². The molecule has 2 amide bonds. The summed E-state index contributed by atoms with van der Waals surface area (Å²) in [7, 11) is 0. The molecule has 0 unspecified atom stereocenters. The number of carbonyl (C=O) groups excluding carboxylic acids is 2. The van der Waals surface area contributed by atoms with Crippen molar-refractivity contribution >= 4 is 23.2 Å². The molecule has 28 heavy (non-hydrogen) atoms. The normalized spacial score (nSPS) is 10.4. The molecule has 0 fully saturated rings. The molecule has 0 heterocycles. The standard InChI is InChI=1S/C22H20N2O4/c1-13-3-5-15(6-4-13)22(28)24-19-10-8-17(12-21(19)27)16-7-9-18(20(26)11-16)23-14(2)25/h3-12,26-27H,1-2H3,(H,23,25)(H,24,28). The van der Waals surface area contributed by atoms with Crippen molar-refractivity contribution in [2.24, 2.45) is 0 Å². The van der Waals surface area contributed by atoms with Crippen molar-refractivity contribution in [1.82, 2.24) is 0 Å². The average molecular weight is 376 g/mol. The first-order valence-electron chi connectivity index (χ1n) is 8.65. The number of hydrogen-bond donors (Lipinski definition) is 4. The number of aryl methyl sites for hydroxylation is 1. The predicted molar refractivity (Wildman–Crippen MR) is 109 cm³/mol. The Balaban J connectivity index is 1.80. The Morgan fingerprint density at radius 2 is 1.25 bits per heavy atom. The zero-order chi connectivity index (χ0) is 20.3. The van der Waals surface area contributed by atoms with Crippen LogP contribution in [0.2, 0.25) is 0 Å². The SMILES string of the molecule is CC(=O)Nc1ccc(-c2ccc(NC(=O)c3ccc(C)cc3)c(O)c2)cc1O. The predicted octanol–water partition coefficient (Wildman–Crippen LogP) is 4.28. The van der Waals surface area contributed by atoms with Gasteiger partial charge in [0.05, 0.1) is 11.4 Å². The Bertz CT molecular complexity index is 1040. The van der Waals surface area contributed by atoms with Crippen LogP contribution in [-0.4, -0.2) is 22.0 Å². The molecule has 6 nitrogen and oxygen atoms in total. The topological polar surface area (TPSA) is 98.7 Å². The smallest absolute Gasteiger partial charge is 0.255 e. The van der Waals surface area contributed by atoms with E-state index in [1.165, 1.54) is 19.1 Å². The number of nitrogens with one attached hydrogen (secondary N) is 2. The maximum absolute atomic E-state index is 12.3. The molecule has 0 aromatic heterocycles. The molecule has 0 aliphatic heterocycles. The Morgan fingerprint density at radius 3 is 1.71 bits per heavy atom. The zero-order valence-corrected chi connectivity index (χ0v) is 15.5. The van der Waals surface area contributed by atoms with Crippen LogP contribution in [0.3, 0.4) is 0 Å². The van der Waals surface area contributed by atoms with E-state index in [-0.39, 0.29) is 29.0 Å². The highest BCUT2D eigenvalue weighted by Crippen LogP contribution is 2.34. The molecule has 3 aromatic rings. The number of rotatable bonds is 4. The second kappa shape index (κ2) is 7.84. The van der Waals surface area contributed by atoms with E-state index in [2.05, 4.69) is 10.6 Å². The summed E-state index contributed by atoms with van der Waals surface area (Å²) in [6, 6.07) is 16.7. The summed E-state index contributed by atoms with van der Waals surface area (Å²) in [6.07, 6.45) is 0. The van der Waals surface area contributed by atoms with Gasteiger partial charge in [0.1, 0.15) is 11.5 Å².